The van der Waals surface area contributed by atoms with Gasteiger partial charge in [0.2, 0.25) is 0 Å². The van der Waals surface area contributed by atoms with Gasteiger partial charge in [-0.25, -0.2) is 19.3 Å². The first-order valence-electron chi connectivity index (χ1n) is 14.3. The van der Waals surface area contributed by atoms with Gasteiger partial charge in [-0.1, -0.05) is 45.4 Å². The van der Waals surface area contributed by atoms with E-state index in [2.05, 4.69) is 48.8 Å². The maximum absolute atomic E-state index is 15.5. The molecule has 0 fully saturated rings. The molecule has 3 heterocycles. The van der Waals surface area contributed by atoms with Crippen molar-refractivity contribution in [1.29, 1.82) is 0 Å². The van der Waals surface area contributed by atoms with E-state index >= 15 is 4.39 Å². The lowest BCUT2D eigenvalue weighted by atomic mass is 10.0. The first kappa shape index (κ1) is 31.4. The standard InChI is InChI=1S/C31H37ClF3N5O2Si/c1-8-31(5,42-43(6,7)30(2,3)4)28-37-15-17(16-38-28)18-12-23-22(13-20(18)33)39-27-21(36)14-24(40(23)27)26-19(32)10-9-11-25(26)41-29(34)35/h9-13,15-16,21,24,29H,8,14,36H2,1-7H3/t21-,24-,31?/m1/s1. The largest absolute Gasteiger partial charge is 0.434 e. The van der Waals surface area contributed by atoms with Gasteiger partial charge in [0.1, 0.15) is 23.0 Å². The summed E-state index contributed by atoms with van der Waals surface area (Å²) in [6, 6.07) is 6.54. The number of aromatic nitrogens is 4. The molecular weight excluding hydrogens is 595 g/mol. The Morgan fingerprint density at radius 3 is 2.42 bits per heavy atom. The van der Waals surface area contributed by atoms with Crippen LogP contribution in [0.25, 0.3) is 22.2 Å². The van der Waals surface area contributed by atoms with Gasteiger partial charge in [0, 0.05) is 40.2 Å². The molecule has 3 atom stereocenters. The molecule has 1 unspecified atom stereocenters. The average Bonchev–Trinajstić information content (AvgIpc) is 3.43. The predicted octanol–water partition coefficient (Wildman–Crippen LogP) is 8.53. The third kappa shape index (κ3) is 5.68. The summed E-state index contributed by atoms with van der Waals surface area (Å²) in [5.74, 6) is 0.500. The highest BCUT2D eigenvalue weighted by Gasteiger charge is 2.44. The van der Waals surface area contributed by atoms with Crippen LogP contribution in [0, 0.1) is 5.82 Å². The van der Waals surface area contributed by atoms with Crippen LogP contribution < -0.4 is 10.5 Å². The molecule has 2 aromatic heterocycles. The average molecular weight is 632 g/mol. The van der Waals surface area contributed by atoms with Gasteiger partial charge in [-0.05, 0) is 56.1 Å². The van der Waals surface area contributed by atoms with Gasteiger partial charge in [-0.15, -0.1) is 0 Å². The quantitative estimate of drug-likeness (QED) is 0.196. The highest BCUT2D eigenvalue weighted by atomic mass is 35.5. The minimum atomic E-state index is -3.03. The second-order valence-corrected chi connectivity index (χ2v) is 17.9. The van der Waals surface area contributed by atoms with Crippen molar-refractivity contribution in [2.75, 3.05) is 0 Å². The van der Waals surface area contributed by atoms with Gasteiger partial charge in [-0.3, -0.25) is 0 Å². The molecule has 1 aliphatic rings. The Labute approximate surface area is 255 Å². The molecule has 12 heteroatoms. The first-order chi connectivity index (χ1) is 20.1. The number of imidazole rings is 1. The normalized spacial score (nSPS) is 18.7. The van der Waals surface area contributed by atoms with Crippen LogP contribution in [-0.2, 0) is 10.0 Å². The summed E-state index contributed by atoms with van der Waals surface area (Å²) in [7, 11) is -2.14. The van der Waals surface area contributed by atoms with Gasteiger partial charge < -0.3 is 19.5 Å². The van der Waals surface area contributed by atoms with Crippen molar-refractivity contribution in [3.05, 3.63) is 70.8 Å². The van der Waals surface area contributed by atoms with E-state index in [4.69, 9.17) is 26.5 Å². The molecule has 0 aliphatic carbocycles. The molecule has 0 amide bonds. The van der Waals surface area contributed by atoms with E-state index in [0.29, 0.717) is 46.7 Å². The van der Waals surface area contributed by atoms with E-state index in [0.717, 1.165) is 0 Å². The lowest BCUT2D eigenvalue weighted by molar-refractivity contribution is -0.0506. The molecule has 7 nitrogen and oxygen atoms in total. The second-order valence-electron chi connectivity index (χ2n) is 12.8. The van der Waals surface area contributed by atoms with E-state index in [1.165, 1.54) is 12.1 Å². The minimum Gasteiger partial charge on any atom is -0.434 e. The maximum atomic E-state index is 15.5. The van der Waals surface area contributed by atoms with Crippen LogP contribution in [0.1, 0.15) is 76.8 Å². The molecule has 2 aromatic carbocycles. The van der Waals surface area contributed by atoms with Crippen molar-refractivity contribution >= 4 is 31.0 Å². The Bertz CT molecular complexity index is 1660. The summed E-state index contributed by atoms with van der Waals surface area (Å²) in [5, 5.41) is 0.264. The molecule has 2 N–H and O–H groups in total. The number of nitrogens with two attached hydrogens (primary N) is 1. The van der Waals surface area contributed by atoms with Crippen molar-refractivity contribution < 1.29 is 22.3 Å². The summed E-state index contributed by atoms with van der Waals surface area (Å²) in [6.45, 7) is 11.9. The number of hydrogen-bond acceptors (Lipinski definition) is 6. The van der Waals surface area contributed by atoms with Crippen LogP contribution >= 0.6 is 11.6 Å². The lowest BCUT2D eigenvalue weighted by Gasteiger charge is -2.43. The van der Waals surface area contributed by atoms with Gasteiger partial charge in [-0.2, -0.15) is 8.78 Å². The van der Waals surface area contributed by atoms with Crippen LogP contribution in [0.5, 0.6) is 5.75 Å². The van der Waals surface area contributed by atoms with Crippen molar-refractivity contribution in [2.45, 2.75) is 89.9 Å². The topological polar surface area (TPSA) is 88.1 Å². The maximum Gasteiger partial charge on any atom is 0.387 e. The van der Waals surface area contributed by atoms with Crippen molar-refractivity contribution in [3.63, 3.8) is 0 Å². The summed E-state index contributed by atoms with van der Waals surface area (Å²) in [5.41, 5.74) is 7.81. The van der Waals surface area contributed by atoms with Crippen LogP contribution in [0.2, 0.25) is 23.2 Å². The third-order valence-electron chi connectivity index (χ3n) is 8.89. The second kappa shape index (κ2) is 11.2. The Hall–Kier alpha value is -2.99. The molecular formula is C31H37ClF3N5O2Si. The van der Waals surface area contributed by atoms with E-state index in [9.17, 15) is 8.78 Å². The van der Waals surface area contributed by atoms with E-state index in [-0.39, 0.29) is 21.4 Å². The number of fused-ring (bicyclic) bond motifs is 3. The van der Waals surface area contributed by atoms with E-state index < -0.39 is 38.4 Å². The molecule has 0 radical (unpaired) electrons. The molecule has 43 heavy (non-hydrogen) atoms. The van der Waals surface area contributed by atoms with Gasteiger partial charge in [0.15, 0.2) is 14.1 Å². The van der Waals surface area contributed by atoms with Crippen LogP contribution in [-0.4, -0.2) is 34.4 Å². The molecule has 4 aromatic rings. The molecule has 5 rings (SSSR count). The monoisotopic (exact) mass is 631 g/mol. The number of benzene rings is 2. The van der Waals surface area contributed by atoms with E-state index in [1.807, 2.05) is 18.4 Å². The number of rotatable bonds is 8. The summed E-state index contributed by atoms with van der Waals surface area (Å²) < 4.78 is 55.4. The SMILES string of the molecule is CCC(C)(O[Si](C)(C)C(C)(C)C)c1ncc(-c2cc3c(cc2F)nc2n3[C@@H](c3c(Cl)cccc3OC(F)F)C[C@H]2N)cn1. The molecule has 0 saturated carbocycles. The predicted molar refractivity (Wildman–Crippen MR) is 164 cm³/mol. The lowest BCUT2D eigenvalue weighted by Crippen LogP contribution is -2.47. The Balaban J connectivity index is 1.57. The summed E-state index contributed by atoms with van der Waals surface area (Å²) >= 11 is 6.52. The fraction of sp³-hybridized carbons (Fsp3) is 0.452. The van der Waals surface area contributed by atoms with Gasteiger partial charge >= 0.3 is 6.61 Å². The number of ether oxygens (including phenoxy) is 1. The zero-order chi connectivity index (χ0) is 31.5. The number of hydrogen-bond donors (Lipinski definition) is 1. The van der Waals surface area contributed by atoms with Crippen molar-refractivity contribution in [1.82, 2.24) is 19.5 Å². The summed E-state index contributed by atoms with van der Waals surface area (Å²) in [4.78, 5) is 13.9. The van der Waals surface area contributed by atoms with Crippen molar-refractivity contribution in [2.24, 2.45) is 5.73 Å². The van der Waals surface area contributed by atoms with E-state index in [1.54, 1.807) is 30.6 Å². The fourth-order valence-corrected chi connectivity index (χ4v) is 7.37. The smallest absolute Gasteiger partial charge is 0.387 e. The number of halogens is 4. The van der Waals surface area contributed by atoms with Crippen LogP contribution in [0.3, 0.4) is 0 Å². The fourth-order valence-electron chi connectivity index (χ4n) is 5.41. The Morgan fingerprint density at radius 1 is 1.14 bits per heavy atom. The summed E-state index contributed by atoms with van der Waals surface area (Å²) in [6.07, 6.45) is 4.23. The third-order valence-corrected chi connectivity index (χ3v) is 13.8. The molecule has 0 saturated heterocycles. The zero-order valence-corrected chi connectivity index (χ0v) is 27.1. The first-order valence-corrected chi connectivity index (χ1v) is 17.6. The van der Waals surface area contributed by atoms with Gasteiger partial charge in [0.05, 0.1) is 23.1 Å². The highest BCUT2D eigenvalue weighted by Crippen LogP contribution is 2.47. The highest BCUT2D eigenvalue weighted by molar-refractivity contribution is 6.74. The number of nitrogens with zero attached hydrogens (tertiary/aromatic N) is 4. The number of alkyl halides is 2. The zero-order valence-electron chi connectivity index (χ0n) is 25.4. The Morgan fingerprint density at radius 2 is 1.81 bits per heavy atom. The molecule has 0 spiro atoms. The van der Waals surface area contributed by atoms with Crippen molar-refractivity contribution in [3.8, 4) is 16.9 Å². The molecule has 230 valence electrons. The van der Waals surface area contributed by atoms with Gasteiger partial charge in [0.25, 0.3) is 0 Å². The Kier molecular flexibility index (Phi) is 8.17. The molecule has 1 aliphatic heterocycles. The van der Waals surface area contributed by atoms with Crippen LogP contribution in [0.4, 0.5) is 13.2 Å². The van der Waals surface area contributed by atoms with Crippen LogP contribution in [0.15, 0.2) is 42.7 Å². The molecule has 0 bridgehead atoms. The minimum absolute atomic E-state index is 0.00410.